The van der Waals surface area contributed by atoms with E-state index in [9.17, 15) is 13.6 Å². The summed E-state index contributed by atoms with van der Waals surface area (Å²) in [6.45, 7) is -2.91. The standard InChI is InChI=1S/C14H9F2NO2S/c15-14(16)19-10-5-3-9(4-6-10)13(18)11(8-17)12-2-1-7-20-12/h1-7,11,14H. The van der Waals surface area contributed by atoms with Crippen molar-refractivity contribution in [1.82, 2.24) is 0 Å². The van der Waals surface area contributed by atoms with Crippen LogP contribution in [0.5, 0.6) is 5.75 Å². The lowest BCUT2D eigenvalue weighted by atomic mass is 9.97. The summed E-state index contributed by atoms with van der Waals surface area (Å²) in [5, 5.41) is 10.9. The highest BCUT2D eigenvalue weighted by Crippen LogP contribution is 2.25. The third kappa shape index (κ3) is 3.19. The first-order valence-corrected chi connectivity index (χ1v) is 6.52. The van der Waals surface area contributed by atoms with Crippen LogP contribution in [0.4, 0.5) is 8.78 Å². The van der Waals surface area contributed by atoms with E-state index in [0.717, 1.165) is 0 Å². The van der Waals surface area contributed by atoms with E-state index in [1.165, 1.54) is 35.6 Å². The quantitative estimate of drug-likeness (QED) is 0.787. The highest BCUT2D eigenvalue weighted by atomic mass is 32.1. The van der Waals surface area contributed by atoms with Crippen molar-refractivity contribution in [1.29, 1.82) is 5.26 Å². The normalized spacial score (nSPS) is 11.9. The average Bonchev–Trinajstić information content (AvgIpc) is 2.93. The zero-order valence-corrected chi connectivity index (χ0v) is 10.9. The molecule has 0 amide bonds. The number of alkyl halides is 2. The monoisotopic (exact) mass is 293 g/mol. The number of benzene rings is 1. The molecule has 1 aromatic carbocycles. The summed E-state index contributed by atoms with van der Waals surface area (Å²) in [4.78, 5) is 12.9. The fraction of sp³-hybridized carbons (Fsp3) is 0.143. The third-order valence-electron chi connectivity index (χ3n) is 2.58. The van der Waals surface area contributed by atoms with Gasteiger partial charge in [0.05, 0.1) is 6.07 Å². The zero-order valence-electron chi connectivity index (χ0n) is 10.1. The Labute approximate surface area is 118 Å². The van der Waals surface area contributed by atoms with E-state index in [1.807, 2.05) is 6.07 Å². The van der Waals surface area contributed by atoms with Crippen molar-refractivity contribution in [3.63, 3.8) is 0 Å². The van der Waals surface area contributed by atoms with Gasteiger partial charge in [-0.25, -0.2) is 0 Å². The molecule has 2 rings (SSSR count). The van der Waals surface area contributed by atoms with Crippen LogP contribution in [-0.2, 0) is 0 Å². The Balaban J connectivity index is 2.19. The number of carbonyl (C=O) groups excluding carboxylic acids is 1. The Morgan fingerprint density at radius 2 is 1.95 bits per heavy atom. The van der Waals surface area contributed by atoms with Crippen LogP contribution in [0.3, 0.4) is 0 Å². The number of nitrogens with zero attached hydrogens (tertiary/aromatic N) is 1. The van der Waals surface area contributed by atoms with Crippen LogP contribution in [0.25, 0.3) is 0 Å². The lowest BCUT2D eigenvalue weighted by molar-refractivity contribution is -0.0498. The molecule has 0 spiro atoms. The Hall–Kier alpha value is -2.26. The molecular weight excluding hydrogens is 284 g/mol. The van der Waals surface area contributed by atoms with E-state index in [4.69, 9.17) is 5.26 Å². The summed E-state index contributed by atoms with van der Waals surface area (Å²) in [6, 6.07) is 10.7. The molecule has 0 fully saturated rings. The summed E-state index contributed by atoms with van der Waals surface area (Å²) >= 11 is 1.32. The van der Waals surface area contributed by atoms with Crippen LogP contribution in [0.1, 0.15) is 21.2 Å². The number of hydrogen-bond donors (Lipinski definition) is 0. The van der Waals surface area contributed by atoms with E-state index < -0.39 is 12.5 Å². The first kappa shape index (κ1) is 14.2. The van der Waals surface area contributed by atoms with Crippen molar-refractivity contribution in [3.05, 3.63) is 52.2 Å². The fourth-order valence-corrected chi connectivity index (χ4v) is 2.44. The lowest BCUT2D eigenvalue weighted by Crippen LogP contribution is -2.10. The Bertz CT molecular complexity index is 618. The molecule has 102 valence electrons. The van der Waals surface area contributed by atoms with E-state index in [2.05, 4.69) is 4.74 Å². The van der Waals surface area contributed by atoms with Crippen LogP contribution in [0.2, 0.25) is 0 Å². The molecule has 0 aliphatic rings. The lowest BCUT2D eigenvalue weighted by Gasteiger charge is -2.08. The van der Waals surface area contributed by atoms with Gasteiger partial charge in [0.15, 0.2) is 5.78 Å². The highest BCUT2D eigenvalue weighted by Gasteiger charge is 2.22. The van der Waals surface area contributed by atoms with Crippen molar-refractivity contribution < 1.29 is 18.3 Å². The Morgan fingerprint density at radius 1 is 1.25 bits per heavy atom. The van der Waals surface area contributed by atoms with Gasteiger partial charge < -0.3 is 4.74 Å². The van der Waals surface area contributed by atoms with E-state index in [0.29, 0.717) is 4.88 Å². The van der Waals surface area contributed by atoms with Crippen LogP contribution >= 0.6 is 11.3 Å². The van der Waals surface area contributed by atoms with Gasteiger partial charge in [0.1, 0.15) is 11.7 Å². The molecule has 0 aliphatic carbocycles. The minimum Gasteiger partial charge on any atom is -0.435 e. The largest absolute Gasteiger partial charge is 0.435 e. The maximum Gasteiger partial charge on any atom is 0.387 e. The van der Waals surface area contributed by atoms with Gasteiger partial charge in [-0.3, -0.25) is 4.79 Å². The minimum absolute atomic E-state index is 0.0267. The number of halogens is 2. The Kier molecular flexibility index (Phi) is 4.43. The van der Waals surface area contributed by atoms with Gasteiger partial charge in [-0.2, -0.15) is 14.0 Å². The van der Waals surface area contributed by atoms with Crippen LogP contribution in [0, 0.1) is 11.3 Å². The summed E-state index contributed by atoms with van der Waals surface area (Å²) in [7, 11) is 0. The van der Waals surface area contributed by atoms with Crippen molar-refractivity contribution in [2.24, 2.45) is 0 Å². The predicted octanol–water partition coefficient (Wildman–Crippen LogP) is 3.84. The second kappa shape index (κ2) is 6.26. The fourth-order valence-electron chi connectivity index (χ4n) is 1.67. The number of carbonyl (C=O) groups is 1. The molecule has 1 unspecified atom stereocenters. The van der Waals surface area contributed by atoms with E-state index in [1.54, 1.807) is 17.5 Å². The Morgan fingerprint density at radius 3 is 2.45 bits per heavy atom. The molecule has 2 aromatic rings. The average molecular weight is 293 g/mol. The molecule has 6 heteroatoms. The molecule has 0 saturated carbocycles. The van der Waals surface area contributed by atoms with Crippen molar-refractivity contribution in [2.45, 2.75) is 12.5 Å². The summed E-state index contributed by atoms with van der Waals surface area (Å²) < 4.78 is 28.2. The van der Waals surface area contributed by atoms with E-state index in [-0.39, 0.29) is 17.1 Å². The van der Waals surface area contributed by atoms with Crippen molar-refractivity contribution >= 4 is 17.1 Å². The number of rotatable bonds is 5. The van der Waals surface area contributed by atoms with Gasteiger partial charge in [0.25, 0.3) is 0 Å². The number of ether oxygens (including phenoxy) is 1. The molecule has 1 heterocycles. The van der Waals surface area contributed by atoms with Gasteiger partial charge in [-0.15, -0.1) is 11.3 Å². The number of Topliss-reactive ketones (excluding diaryl/α,β-unsaturated/α-hetero) is 1. The molecule has 3 nitrogen and oxygen atoms in total. The van der Waals surface area contributed by atoms with Crippen LogP contribution < -0.4 is 4.74 Å². The molecular formula is C14H9F2NO2S. The number of thiophene rings is 1. The molecule has 0 N–H and O–H groups in total. The maximum absolute atomic E-state index is 12.2. The van der Waals surface area contributed by atoms with Crippen molar-refractivity contribution in [3.8, 4) is 11.8 Å². The SMILES string of the molecule is N#CC(C(=O)c1ccc(OC(F)F)cc1)c1cccs1. The summed E-state index contributed by atoms with van der Waals surface area (Å²) in [5.41, 5.74) is 0.284. The second-order valence-electron chi connectivity index (χ2n) is 3.84. The summed E-state index contributed by atoms with van der Waals surface area (Å²) in [5.74, 6) is -1.27. The van der Waals surface area contributed by atoms with Gasteiger partial charge >= 0.3 is 6.61 Å². The highest BCUT2D eigenvalue weighted by molar-refractivity contribution is 7.10. The second-order valence-corrected chi connectivity index (χ2v) is 4.82. The topological polar surface area (TPSA) is 50.1 Å². The van der Waals surface area contributed by atoms with Crippen LogP contribution in [-0.4, -0.2) is 12.4 Å². The molecule has 0 bridgehead atoms. The summed E-state index contributed by atoms with van der Waals surface area (Å²) in [6.07, 6.45) is 0. The van der Waals surface area contributed by atoms with Crippen LogP contribution in [0.15, 0.2) is 41.8 Å². The number of hydrogen-bond acceptors (Lipinski definition) is 4. The predicted molar refractivity (Wildman–Crippen MR) is 70.1 cm³/mol. The molecule has 1 aromatic heterocycles. The van der Waals surface area contributed by atoms with Gasteiger partial charge in [-0.1, -0.05) is 6.07 Å². The van der Waals surface area contributed by atoms with Gasteiger partial charge in [0, 0.05) is 10.4 Å². The molecule has 0 radical (unpaired) electrons. The molecule has 0 aliphatic heterocycles. The first-order chi connectivity index (χ1) is 9.61. The maximum atomic E-state index is 12.2. The van der Waals surface area contributed by atoms with Gasteiger partial charge in [-0.05, 0) is 35.7 Å². The molecule has 20 heavy (non-hydrogen) atoms. The van der Waals surface area contributed by atoms with E-state index >= 15 is 0 Å². The smallest absolute Gasteiger partial charge is 0.387 e. The first-order valence-electron chi connectivity index (χ1n) is 5.64. The number of nitriles is 1. The minimum atomic E-state index is -2.91. The van der Waals surface area contributed by atoms with Gasteiger partial charge in [0.2, 0.25) is 0 Å². The third-order valence-corrected chi connectivity index (χ3v) is 3.52. The zero-order chi connectivity index (χ0) is 14.5. The number of ketones is 1. The molecule has 0 saturated heterocycles. The van der Waals surface area contributed by atoms with Crippen molar-refractivity contribution in [2.75, 3.05) is 0 Å². The molecule has 1 atom stereocenters.